The fourth-order valence-corrected chi connectivity index (χ4v) is 0.597. The van der Waals surface area contributed by atoms with Crippen LogP contribution in [0.15, 0.2) is 0 Å². The number of nitrogens with zero attached hydrogens (tertiary/aromatic N) is 2. The van der Waals surface area contributed by atoms with Crippen molar-refractivity contribution in [3.05, 3.63) is 20.2 Å². The highest BCUT2D eigenvalue weighted by atomic mass is 16.9. The highest BCUT2D eigenvalue weighted by Crippen LogP contribution is 1.81. The third-order valence-corrected chi connectivity index (χ3v) is 1.18. The predicted molar refractivity (Wildman–Crippen MR) is 48.4 cm³/mol. The summed E-state index contributed by atoms with van der Waals surface area (Å²) in [6.45, 7) is 3.51. The third kappa shape index (κ3) is 31.2. The van der Waals surface area contributed by atoms with Crippen LogP contribution in [-0.4, -0.2) is 34.9 Å². The Morgan fingerprint density at radius 1 is 1.29 bits per heavy atom. The molecule has 0 rings (SSSR count). The van der Waals surface area contributed by atoms with Crippen molar-refractivity contribution in [3.63, 3.8) is 0 Å². The Kier molecular flexibility index (Phi) is 12.4. The predicted octanol–water partition coefficient (Wildman–Crippen LogP) is 0.305. The maximum absolute atomic E-state index is 9.80. The monoisotopic (exact) mass is 209 g/mol. The summed E-state index contributed by atoms with van der Waals surface area (Å²) in [7, 11) is 0. The second-order valence-corrected chi connectivity index (χ2v) is 2.40. The van der Waals surface area contributed by atoms with Crippen LogP contribution in [0.25, 0.3) is 0 Å². The summed E-state index contributed by atoms with van der Waals surface area (Å²) in [5.74, 6) is 0. The Hall–Kier alpha value is -1.44. The van der Waals surface area contributed by atoms with Crippen LogP contribution < -0.4 is 5.32 Å². The molecule has 0 saturated heterocycles. The largest absolute Gasteiger partial charge is 0.328 e. The van der Waals surface area contributed by atoms with Crippen molar-refractivity contribution in [2.75, 3.05) is 19.6 Å². The molecule has 0 bridgehead atoms. The zero-order valence-corrected chi connectivity index (χ0v) is 8.01. The molecule has 0 aromatic rings. The Morgan fingerprint density at radius 2 is 1.79 bits per heavy atom. The second-order valence-electron chi connectivity index (χ2n) is 2.40. The average molecular weight is 209 g/mol. The van der Waals surface area contributed by atoms with E-state index in [1.807, 2.05) is 0 Å². The lowest BCUT2D eigenvalue weighted by atomic mass is 10.3. The van der Waals surface area contributed by atoms with Crippen molar-refractivity contribution in [2.45, 2.75) is 19.8 Å². The van der Waals surface area contributed by atoms with Gasteiger partial charge in [-0.05, 0) is 13.0 Å². The maximum atomic E-state index is 9.80. The summed E-state index contributed by atoms with van der Waals surface area (Å²) in [4.78, 5) is 17.9. The van der Waals surface area contributed by atoms with E-state index in [4.69, 9.17) is 15.3 Å². The van der Waals surface area contributed by atoms with Crippen LogP contribution in [0.4, 0.5) is 0 Å². The van der Waals surface area contributed by atoms with Crippen molar-refractivity contribution < 1.29 is 15.2 Å². The van der Waals surface area contributed by atoms with Gasteiger partial charge in [0.15, 0.2) is 0 Å². The fourth-order valence-electron chi connectivity index (χ4n) is 0.597. The summed E-state index contributed by atoms with van der Waals surface area (Å²) in [6, 6.07) is 0. The molecule has 0 amide bonds. The molecule has 0 aliphatic carbocycles. The van der Waals surface area contributed by atoms with Crippen molar-refractivity contribution >= 4 is 0 Å². The summed E-state index contributed by atoms with van der Waals surface area (Å²) in [5.41, 5.74) is 0. The Balaban J connectivity index is 0. The molecule has 14 heavy (non-hydrogen) atoms. The molecule has 0 aliphatic rings. The second kappa shape index (κ2) is 11.6. The smallest absolute Gasteiger partial charge is 0.291 e. The van der Waals surface area contributed by atoms with Gasteiger partial charge in [-0.15, -0.1) is 10.1 Å². The summed E-state index contributed by atoms with van der Waals surface area (Å²) in [6.07, 6.45) is 2.23. The molecule has 0 unspecified atom stereocenters. The number of nitrogens with one attached hydrogen (secondary N) is 1. The maximum Gasteiger partial charge on any atom is 0.291 e. The van der Waals surface area contributed by atoms with Gasteiger partial charge < -0.3 is 10.5 Å². The molecule has 0 aliphatic heterocycles. The lowest BCUT2D eigenvalue weighted by Crippen LogP contribution is -2.22. The van der Waals surface area contributed by atoms with Gasteiger partial charge in [0, 0.05) is 4.92 Å². The molecule has 84 valence electrons. The molecule has 0 fully saturated rings. The van der Waals surface area contributed by atoms with E-state index in [9.17, 15) is 10.1 Å². The molecular weight excluding hydrogens is 194 g/mol. The van der Waals surface area contributed by atoms with Crippen molar-refractivity contribution in [1.29, 1.82) is 0 Å². The minimum atomic E-state index is -1.50. The summed E-state index contributed by atoms with van der Waals surface area (Å²) < 4.78 is 0. The molecule has 0 spiro atoms. The molecule has 8 heteroatoms. The number of rotatable bonds is 6. The third-order valence-electron chi connectivity index (χ3n) is 1.18. The molecule has 0 atom stereocenters. The lowest BCUT2D eigenvalue weighted by molar-refractivity contribution is -0.742. The number of unbranched alkanes of at least 4 members (excludes halogenated alkanes) is 1. The van der Waals surface area contributed by atoms with Crippen LogP contribution in [-0.2, 0) is 0 Å². The van der Waals surface area contributed by atoms with E-state index in [-0.39, 0.29) is 11.5 Å². The molecule has 0 aromatic carbocycles. The van der Waals surface area contributed by atoms with Gasteiger partial charge in [-0.3, -0.25) is 10.1 Å². The molecule has 0 saturated carbocycles. The zero-order chi connectivity index (χ0) is 11.4. The van der Waals surface area contributed by atoms with E-state index < -0.39 is 5.09 Å². The van der Waals surface area contributed by atoms with Gasteiger partial charge in [-0.25, -0.2) is 0 Å². The van der Waals surface area contributed by atoms with Gasteiger partial charge in [0.2, 0.25) is 6.54 Å². The molecule has 0 aromatic heterocycles. The minimum Gasteiger partial charge on any atom is -0.328 e. The number of hydrogen-bond acceptors (Lipinski definition) is 5. The first-order chi connectivity index (χ1) is 6.50. The average Bonchev–Trinajstić information content (AvgIpc) is 2.02. The van der Waals surface area contributed by atoms with Crippen LogP contribution in [0.1, 0.15) is 19.8 Å². The summed E-state index contributed by atoms with van der Waals surface area (Å²) >= 11 is 0. The summed E-state index contributed by atoms with van der Waals surface area (Å²) in [5, 5.41) is 26.4. The van der Waals surface area contributed by atoms with Gasteiger partial charge >= 0.3 is 0 Å². The van der Waals surface area contributed by atoms with Crippen LogP contribution in [0.2, 0.25) is 0 Å². The normalized spacial score (nSPS) is 8.64. The van der Waals surface area contributed by atoms with Gasteiger partial charge in [0.05, 0.1) is 6.54 Å². The Morgan fingerprint density at radius 3 is 2.14 bits per heavy atom. The highest BCUT2D eigenvalue weighted by molar-refractivity contribution is 4.44. The zero-order valence-electron chi connectivity index (χ0n) is 8.01. The van der Waals surface area contributed by atoms with Crippen molar-refractivity contribution in [2.24, 2.45) is 0 Å². The first kappa shape index (κ1) is 15.1. The Labute approximate surface area is 81.2 Å². The quantitative estimate of drug-likeness (QED) is 0.369. The van der Waals surface area contributed by atoms with E-state index in [1.54, 1.807) is 0 Å². The van der Waals surface area contributed by atoms with E-state index in [0.29, 0.717) is 6.54 Å². The van der Waals surface area contributed by atoms with Crippen LogP contribution >= 0.6 is 0 Å². The standard InChI is InChI=1S/C6H14N2O2.HNO3/c1-2-3-4-7-5-6-8(9)10;2-1(3)4/h7H,2-6H2,1H3;(H,2,3,4). The van der Waals surface area contributed by atoms with Gasteiger partial charge in [0.25, 0.3) is 5.09 Å². The molecule has 0 radical (unpaired) electrons. The molecule has 2 N–H and O–H groups in total. The fraction of sp³-hybridized carbons (Fsp3) is 1.00. The van der Waals surface area contributed by atoms with Gasteiger partial charge in [-0.2, -0.15) is 0 Å². The SMILES string of the molecule is CCCCNCC[N+](=O)[O-].O=[N+]([O-])O. The number of nitro groups is 1. The molecule has 0 heterocycles. The first-order valence-corrected chi connectivity index (χ1v) is 4.16. The van der Waals surface area contributed by atoms with Crippen molar-refractivity contribution in [3.8, 4) is 0 Å². The van der Waals surface area contributed by atoms with Gasteiger partial charge in [-0.1, -0.05) is 13.3 Å². The van der Waals surface area contributed by atoms with E-state index >= 15 is 0 Å². The lowest BCUT2D eigenvalue weighted by Gasteiger charge is -1.97. The first-order valence-electron chi connectivity index (χ1n) is 4.16. The highest BCUT2D eigenvalue weighted by Gasteiger charge is 1.93. The Bertz CT molecular complexity index is 160. The molecular formula is C6H15N3O5. The van der Waals surface area contributed by atoms with E-state index in [2.05, 4.69) is 12.2 Å². The van der Waals surface area contributed by atoms with Crippen molar-refractivity contribution in [1.82, 2.24) is 5.32 Å². The number of hydrogen-bond donors (Lipinski definition) is 2. The van der Waals surface area contributed by atoms with Crippen LogP contribution in [0.5, 0.6) is 0 Å². The van der Waals surface area contributed by atoms with Crippen LogP contribution in [0.3, 0.4) is 0 Å². The topological polar surface area (TPSA) is 119 Å². The molecule has 8 nitrogen and oxygen atoms in total. The van der Waals surface area contributed by atoms with E-state index in [1.165, 1.54) is 0 Å². The van der Waals surface area contributed by atoms with E-state index in [0.717, 1.165) is 19.4 Å². The van der Waals surface area contributed by atoms with Gasteiger partial charge in [0.1, 0.15) is 0 Å². The van der Waals surface area contributed by atoms with Crippen LogP contribution in [0, 0.1) is 20.2 Å². The minimum absolute atomic E-state index is 0.0315.